The molecule has 0 unspecified atom stereocenters. The molecule has 7 nitrogen and oxygen atoms in total. The molecule has 0 aliphatic carbocycles. The molecule has 0 saturated carbocycles. The number of nitro groups is 1. The van der Waals surface area contributed by atoms with Crippen LogP contribution in [0.3, 0.4) is 0 Å². The van der Waals surface area contributed by atoms with Crippen molar-refractivity contribution in [3.63, 3.8) is 0 Å². The van der Waals surface area contributed by atoms with Crippen molar-refractivity contribution in [2.24, 2.45) is 0 Å². The van der Waals surface area contributed by atoms with Crippen molar-refractivity contribution >= 4 is 28.6 Å². The average Bonchev–Trinajstić information content (AvgIpc) is 3.09. The summed E-state index contributed by atoms with van der Waals surface area (Å²) >= 11 is 3.17. The maximum atomic E-state index is 10.5. The summed E-state index contributed by atoms with van der Waals surface area (Å²) in [4.78, 5) is 19.0. The van der Waals surface area contributed by atoms with Gasteiger partial charge >= 0.3 is 5.95 Å². The Balaban J connectivity index is 1.78. The van der Waals surface area contributed by atoms with Gasteiger partial charge < -0.3 is 10.1 Å². The van der Waals surface area contributed by atoms with Crippen LogP contribution in [0, 0.1) is 10.1 Å². The average molecular weight is 293 g/mol. The summed E-state index contributed by atoms with van der Waals surface area (Å²) in [5.74, 6) is -0.395. The van der Waals surface area contributed by atoms with Gasteiger partial charge in [-0.15, -0.1) is 22.7 Å². The predicted octanol–water partition coefficient (Wildman–Crippen LogP) is 2.42. The third-order valence-corrected chi connectivity index (χ3v) is 4.23. The molecule has 3 aromatic heterocycles. The van der Waals surface area contributed by atoms with Gasteiger partial charge in [-0.3, -0.25) is 0 Å². The van der Waals surface area contributed by atoms with Crippen LogP contribution < -0.4 is 0 Å². The van der Waals surface area contributed by atoms with Crippen molar-refractivity contribution in [1.29, 1.82) is 0 Å². The first kappa shape index (κ1) is 11.9. The van der Waals surface area contributed by atoms with E-state index >= 15 is 0 Å². The molecule has 9 heteroatoms. The Labute approximate surface area is 115 Å². The van der Waals surface area contributed by atoms with Crippen LogP contribution >= 0.6 is 22.7 Å². The molecule has 3 aromatic rings. The van der Waals surface area contributed by atoms with E-state index in [0.29, 0.717) is 6.54 Å². The number of hydrogen-bond donors (Lipinski definition) is 0. The lowest BCUT2D eigenvalue weighted by molar-refractivity contribution is -0.394. The standard InChI is InChI=1S/C10H7N5O2S2/c16-15(17)10-11-6-14(13-10)4-7-5-19-9(12-7)8-2-1-3-18-8/h1-3,5-6H,4H2. The normalized spacial score (nSPS) is 10.7. The van der Waals surface area contributed by atoms with Crippen LogP contribution in [0.2, 0.25) is 0 Å². The molecule has 0 saturated heterocycles. The highest BCUT2D eigenvalue weighted by molar-refractivity contribution is 7.20. The first-order valence-corrected chi connectivity index (χ1v) is 7.00. The summed E-state index contributed by atoms with van der Waals surface area (Å²) in [7, 11) is 0. The molecular formula is C10H7N5O2S2. The molecule has 0 spiro atoms. The van der Waals surface area contributed by atoms with Crippen LogP contribution in [0.15, 0.2) is 29.2 Å². The van der Waals surface area contributed by atoms with Gasteiger partial charge in [0.2, 0.25) is 6.33 Å². The lowest BCUT2D eigenvalue weighted by atomic mass is 10.4. The maximum Gasteiger partial charge on any atom is 0.490 e. The van der Waals surface area contributed by atoms with Gasteiger partial charge in [0.1, 0.15) is 11.6 Å². The maximum absolute atomic E-state index is 10.5. The third kappa shape index (κ3) is 2.51. The molecular weight excluding hydrogens is 286 g/mol. The van der Waals surface area contributed by atoms with Crippen molar-refractivity contribution < 1.29 is 4.92 Å². The topological polar surface area (TPSA) is 86.7 Å². The smallest absolute Gasteiger partial charge is 0.390 e. The molecule has 0 aliphatic heterocycles. The molecule has 19 heavy (non-hydrogen) atoms. The molecule has 0 N–H and O–H groups in total. The van der Waals surface area contributed by atoms with Gasteiger partial charge in [0.25, 0.3) is 0 Å². The zero-order valence-electron chi connectivity index (χ0n) is 9.46. The Morgan fingerprint density at radius 2 is 2.32 bits per heavy atom. The molecule has 3 heterocycles. The van der Waals surface area contributed by atoms with Gasteiger partial charge in [-0.1, -0.05) is 11.1 Å². The van der Waals surface area contributed by atoms with Crippen LogP contribution in [0.25, 0.3) is 9.88 Å². The van der Waals surface area contributed by atoms with E-state index in [1.807, 2.05) is 22.9 Å². The molecule has 0 fully saturated rings. The highest BCUT2D eigenvalue weighted by Crippen LogP contribution is 2.27. The molecule has 0 radical (unpaired) electrons. The van der Waals surface area contributed by atoms with E-state index in [2.05, 4.69) is 15.1 Å². The van der Waals surface area contributed by atoms with Crippen LogP contribution in [0.4, 0.5) is 5.95 Å². The zero-order chi connectivity index (χ0) is 13.2. The zero-order valence-corrected chi connectivity index (χ0v) is 11.1. The molecule has 0 aromatic carbocycles. The Kier molecular flexibility index (Phi) is 3.05. The summed E-state index contributed by atoms with van der Waals surface area (Å²) in [6, 6.07) is 3.98. The second-order valence-electron chi connectivity index (χ2n) is 3.62. The minimum Gasteiger partial charge on any atom is -0.390 e. The van der Waals surface area contributed by atoms with E-state index < -0.39 is 10.9 Å². The van der Waals surface area contributed by atoms with Gasteiger partial charge in [0.05, 0.1) is 10.6 Å². The quantitative estimate of drug-likeness (QED) is 0.544. The fraction of sp³-hybridized carbons (Fsp3) is 0.100. The van der Waals surface area contributed by atoms with Gasteiger partial charge in [-0.05, 0) is 16.4 Å². The number of thiazole rings is 1. The van der Waals surface area contributed by atoms with Gasteiger partial charge in [-0.2, -0.15) is 4.68 Å². The lowest BCUT2D eigenvalue weighted by Gasteiger charge is -1.91. The Morgan fingerprint density at radius 1 is 1.42 bits per heavy atom. The summed E-state index contributed by atoms with van der Waals surface area (Å²) in [6.45, 7) is 0.378. The summed E-state index contributed by atoms with van der Waals surface area (Å²) in [5, 5.41) is 19.1. The molecule has 3 rings (SSSR count). The van der Waals surface area contributed by atoms with E-state index in [4.69, 9.17) is 0 Å². The largest absolute Gasteiger partial charge is 0.490 e. The Hall–Kier alpha value is -2.13. The van der Waals surface area contributed by atoms with Crippen LogP contribution in [-0.4, -0.2) is 24.7 Å². The SMILES string of the molecule is O=[N+]([O-])c1ncn(Cc2csc(-c3cccs3)n2)n1. The lowest BCUT2D eigenvalue weighted by Crippen LogP contribution is -2.01. The van der Waals surface area contributed by atoms with Crippen molar-refractivity contribution in [2.45, 2.75) is 6.54 Å². The van der Waals surface area contributed by atoms with Crippen molar-refractivity contribution in [3.05, 3.63) is 45.0 Å². The van der Waals surface area contributed by atoms with E-state index in [1.165, 1.54) is 11.0 Å². The minimum atomic E-state index is -0.616. The van der Waals surface area contributed by atoms with Gasteiger partial charge in [-0.25, -0.2) is 4.98 Å². The number of nitrogens with zero attached hydrogens (tertiary/aromatic N) is 5. The van der Waals surface area contributed by atoms with Crippen molar-refractivity contribution in [3.8, 4) is 9.88 Å². The summed E-state index contributed by atoms with van der Waals surface area (Å²) < 4.78 is 1.41. The summed E-state index contributed by atoms with van der Waals surface area (Å²) in [5.41, 5.74) is 0.813. The van der Waals surface area contributed by atoms with E-state index in [0.717, 1.165) is 15.6 Å². The monoisotopic (exact) mass is 293 g/mol. The Bertz CT molecular complexity index is 703. The van der Waals surface area contributed by atoms with Crippen LogP contribution in [0.5, 0.6) is 0 Å². The van der Waals surface area contributed by atoms with Crippen molar-refractivity contribution in [1.82, 2.24) is 19.7 Å². The van der Waals surface area contributed by atoms with Gasteiger partial charge in [0, 0.05) is 10.5 Å². The minimum absolute atomic E-state index is 0.378. The van der Waals surface area contributed by atoms with Gasteiger partial charge in [0.15, 0.2) is 0 Å². The number of rotatable bonds is 4. The number of aromatic nitrogens is 4. The van der Waals surface area contributed by atoms with Crippen molar-refractivity contribution in [2.75, 3.05) is 0 Å². The predicted molar refractivity (Wildman–Crippen MR) is 71.2 cm³/mol. The first-order valence-electron chi connectivity index (χ1n) is 5.24. The first-order chi connectivity index (χ1) is 9.22. The fourth-order valence-corrected chi connectivity index (χ4v) is 3.13. The molecule has 0 atom stereocenters. The third-order valence-electron chi connectivity index (χ3n) is 2.30. The fourth-order valence-electron chi connectivity index (χ4n) is 1.50. The number of hydrogen-bond acceptors (Lipinski definition) is 7. The van der Waals surface area contributed by atoms with E-state index in [1.54, 1.807) is 22.7 Å². The highest BCUT2D eigenvalue weighted by atomic mass is 32.1. The van der Waals surface area contributed by atoms with Crippen LogP contribution in [0.1, 0.15) is 5.69 Å². The second kappa shape index (κ2) is 4.86. The highest BCUT2D eigenvalue weighted by Gasteiger charge is 2.14. The van der Waals surface area contributed by atoms with Crippen LogP contribution in [-0.2, 0) is 6.54 Å². The molecule has 0 aliphatic rings. The summed E-state index contributed by atoms with van der Waals surface area (Å²) in [6.07, 6.45) is 1.34. The van der Waals surface area contributed by atoms with E-state index in [9.17, 15) is 10.1 Å². The molecule has 0 bridgehead atoms. The van der Waals surface area contributed by atoms with E-state index in [-0.39, 0.29) is 0 Å². The Morgan fingerprint density at radius 3 is 3.00 bits per heavy atom. The second-order valence-corrected chi connectivity index (χ2v) is 5.43. The molecule has 96 valence electrons. The molecule has 0 amide bonds. The number of thiophene rings is 1.